The molecule has 6 heteroatoms. The van der Waals surface area contributed by atoms with Crippen molar-refractivity contribution >= 4 is 17.6 Å². The summed E-state index contributed by atoms with van der Waals surface area (Å²) in [6.45, 7) is 4.29. The number of ether oxygens (including phenoxy) is 1. The molecule has 0 saturated carbocycles. The van der Waals surface area contributed by atoms with E-state index in [-0.39, 0.29) is 17.7 Å². The van der Waals surface area contributed by atoms with Crippen molar-refractivity contribution in [2.45, 2.75) is 20.4 Å². The number of carbonyl (C=O) groups excluding carboxylic acids is 2. The molecule has 0 fully saturated rings. The summed E-state index contributed by atoms with van der Waals surface area (Å²) < 4.78 is 6.50. The Bertz CT molecular complexity index is 1080. The number of hydrogen-bond acceptors (Lipinski definition) is 4. The largest absolute Gasteiger partial charge is 0.462 e. The van der Waals surface area contributed by atoms with Crippen molar-refractivity contribution in [2.24, 2.45) is 0 Å². The Morgan fingerprint density at radius 2 is 1.66 bits per heavy atom. The van der Waals surface area contributed by atoms with Crippen LogP contribution in [0.1, 0.15) is 38.8 Å². The van der Waals surface area contributed by atoms with Gasteiger partial charge in [-0.25, -0.2) is 4.79 Å². The van der Waals surface area contributed by atoms with E-state index in [4.69, 9.17) is 4.74 Å². The van der Waals surface area contributed by atoms with E-state index in [1.807, 2.05) is 31.2 Å². The summed E-state index contributed by atoms with van der Waals surface area (Å²) in [6, 6.07) is 17.5. The van der Waals surface area contributed by atoms with Crippen LogP contribution in [0.4, 0.5) is 5.69 Å². The van der Waals surface area contributed by atoms with Gasteiger partial charge in [-0.05, 0) is 43.7 Å². The fourth-order valence-corrected chi connectivity index (χ4v) is 2.89. The molecule has 0 radical (unpaired) electrons. The number of esters is 1. The second kappa shape index (κ2) is 9.01. The Labute approximate surface area is 168 Å². The molecule has 0 saturated heterocycles. The Balaban J connectivity index is 1.85. The first kappa shape index (κ1) is 20.1. The molecule has 0 spiro atoms. The lowest BCUT2D eigenvalue weighted by Gasteiger charge is -2.11. The van der Waals surface area contributed by atoms with E-state index in [1.165, 1.54) is 10.6 Å². The first-order valence-electron chi connectivity index (χ1n) is 9.32. The van der Waals surface area contributed by atoms with Gasteiger partial charge in [0.25, 0.3) is 11.5 Å². The van der Waals surface area contributed by atoms with Crippen molar-refractivity contribution in [1.29, 1.82) is 0 Å². The molecule has 6 nitrogen and oxygen atoms in total. The zero-order chi connectivity index (χ0) is 20.8. The van der Waals surface area contributed by atoms with Crippen LogP contribution in [0, 0.1) is 6.92 Å². The Morgan fingerprint density at radius 1 is 0.966 bits per heavy atom. The van der Waals surface area contributed by atoms with Crippen LogP contribution in [0.15, 0.2) is 71.7 Å². The third-order valence-electron chi connectivity index (χ3n) is 4.41. The standard InChI is InChI=1S/C23H22N2O4/c1-3-29-23(28)18-7-4-5-9-20(18)24-21(26)19-8-6-14-25(22(19)27)15-17-12-10-16(2)11-13-17/h4-14H,3,15H2,1-2H3,(H,24,26). The van der Waals surface area contributed by atoms with Crippen LogP contribution in [-0.4, -0.2) is 23.1 Å². The van der Waals surface area contributed by atoms with Gasteiger partial charge in [-0.2, -0.15) is 0 Å². The van der Waals surface area contributed by atoms with Gasteiger partial charge in [0, 0.05) is 6.20 Å². The third-order valence-corrected chi connectivity index (χ3v) is 4.41. The zero-order valence-corrected chi connectivity index (χ0v) is 16.3. The molecule has 148 valence electrons. The van der Waals surface area contributed by atoms with Gasteiger partial charge < -0.3 is 14.6 Å². The van der Waals surface area contributed by atoms with Crippen molar-refractivity contribution in [2.75, 3.05) is 11.9 Å². The fraction of sp³-hybridized carbons (Fsp3) is 0.174. The number of benzene rings is 2. The summed E-state index contributed by atoms with van der Waals surface area (Å²) in [5.74, 6) is -1.11. The fourth-order valence-electron chi connectivity index (χ4n) is 2.89. The maximum absolute atomic E-state index is 12.8. The maximum atomic E-state index is 12.8. The number of hydrogen-bond donors (Lipinski definition) is 1. The molecule has 0 aliphatic rings. The smallest absolute Gasteiger partial charge is 0.340 e. The minimum Gasteiger partial charge on any atom is -0.462 e. The summed E-state index contributed by atoms with van der Waals surface area (Å²) in [4.78, 5) is 37.6. The van der Waals surface area contributed by atoms with E-state index in [2.05, 4.69) is 5.32 Å². The lowest BCUT2D eigenvalue weighted by atomic mass is 10.1. The lowest BCUT2D eigenvalue weighted by molar-refractivity contribution is 0.0527. The van der Waals surface area contributed by atoms with Crippen LogP contribution < -0.4 is 10.9 Å². The molecule has 29 heavy (non-hydrogen) atoms. The molecule has 1 N–H and O–H groups in total. The monoisotopic (exact) mass is 390 g/mol. The summed E-state index contributed by atoms with van der Waals surface area (Å²) in [5, 5.41) is 2.65. The highest BCUT2D eigenvalue weighted by Crippen LogP contribution is 2.17. The van der Waals surface area contributed by atoms with Crippen LogP contribution in [0.5, 0.6) is 0 Å². The quantitative estimate of drug-likeness (QED) is 0.652. The van der Waals surface area contributed by atoms with Gasteiger partial charge in [-0.3, -0.25) is 9.59 Å². The summed E-state index contributed by atoms with van der Waals surface area (Å²) in [5.41, 5.74) is 2.22. The molecule has 1 aromatic heterocycles. The average Bonchev–Trinajstić information content (AvgIpc) is 2.71. The lowest BCUT2D eigenvalue weighted by Crippen LogP contribution is -2.29. The van der Waals surface area contributed by atoms with Crippen molar-refractivity contribution in [3.8, 4) is 0 Å². The first-order valence-corrected chi connectivity index (χ1v) is 9.32. The molecule has 3 rings (SSSR count). The number of aryl methyl sites for hydroxylation is 1. The number of carbonyl (C=O) groups is 2. The number of amides is 1. The van der Waals surface area contributed by atoms with E-state index < -0.39 is 17.4 Å². The van der Waals surface area contributed by atoms with Crippen molar-refractivity contribution in [3.63, 3.8) is 0 Å². The minimum atomic E-state index is -0.579. The van der Waals surface area contributed by atoms with Crippen LogP contribution in [0.3, 0.4) is 0 Å². The number of nitrogens with one attached hydrogen (secondary N) is 1. The third kappa shape index (κ3) is 4.79. The second-order valence-corrected chi connectivity index (χ2v) is 6.56. The van der Waals surface area contributed by atoms with Crippen LogP contribution in [0.25, 0.3) is 0 Å². The highest BCUT2D eigenvalue weighted by atomic mass is 16.5. The topological polar surface area (TPSA) is 77.4 Å². The van der Waals surface area contributed by atoms with Crippen molar-refractivity contribution < 1.29 is 14.3 Å². The van der Waals surface area contributed by atoms with Gasteiger partial charge in [0.1, 0.15) is 5.56 Å². The summed E-state index contributed by atoms with van der Waals surface area (Å²) in [7, 11) is 0. The highest BCUT2D eigenvalue weighted by molar-refractivity contribution is 6.07. The average molecular weight is 390 g/mol. The van der Waals surface area contributed by atoms with Crippen LogP contribution in [0.2, 0.25) is 0 Å². The van der Waals surface area contributed by atoms with Crippen LogP contribution in [-0.2, 0) is 11.3 Å². The predicted octanol–water partition coefficient (Wildman–Crippen LogP) is 3.63. The molecular formula is C23H22N2O4. The molecule has 0 unspecified atom stereocenters. The highest BCUT2D eigenvalue weighted by Gasteiger charge is 2.17. The van der Waals surface area contributed by atoms with E-state index in [9.17, 15) is 14.4 Å². The Morgan fingerprint density at radius 3 is 2.38 bits per heavy atom. The van der Waals surface area contributed by atoms with E-state index in [1.54, 1.807) is 43.5 Å². The van der Waals surface area contributed by atoms with Gasteiger partial charge in [0.2, 0.25) is 0 Å². The van der Waals surface area contributed by atoms with Gasteiger partial charge in [-0.15, -0.1) is 0 Å². The first-order chi connectivity index (χ1) is 14.0. The van der Waals surface area contributed by atoms with E-state index in [0.717, 1.165) is 11.1 Å². The molecular weight excluding hydrogens is 368 g/mol. The predicted molar refractivity (Wildman–Crippen MR) is 111 cm³/mol. The summed E-state index contributed by atoms with van der Waals surface area (Å²) in [6.07, 6.45) is 1.64. The normalized spacial score (nSPS) is 10.4. The summed E-state index contributed by atoms with van der Waals surface area (Å²) >= 11 is 0. The Hall–Kier alpha value is -3.67. The Kier molecular flexibility index (Phi) is 6.24. The molecule has 1 heterocycles. The van der Waals surface area contributed by atoms with Gasteiger partial charge >= 0.3 is 5.97 Å². The van der Waals surface area contributed by atoms with E-state index >= 15 is 0 Å². The number of anilines is 1. The number of aromatic nitrogens is 1. The molecule has 0 atom stereocenters. The van der Waals surface area contributed by atoms with Crippen LogP contribution >= 0.6 is 0 Å². The molecule has 0 aliphatic carbocycles. The van der Waals surface area contributed by atoms with Gasteiger partial charge in [0.05, 0.1) is 24.4 Å². The molecule has 1 amide bonds. The SMILES string of the molecule is CCOC(=O)c1ccccc1NC(=O)c1cccn(Cc2ccc(C)cc2)c1=O. The molecule has 3 aromatic rings. The van der Waals surface area contributed by atoms with Gasteiger partial charge in [0.15, 0.2) is 0 Å². The van der Waals surface area contributed by atoms with E-state index in [0.29, 0.717) is 12.2 Å². The number of nitrogens with zero attached hydrogens (tertiary/aromatic N) is 1. The number of para-hydroxylation sites is 1. The molecule has 2 aromatic carbocycles. The minimum absolute atomic E-state index is 0.00160. The molecule has 0 aliphatic heterocycles. The van der Waals surface area contributed by atoms with Crippen molar-refractivity contribution in [3.05, 3.63) is 99.5 Å². The zero-order valence-electron chi connectivity index (χ0n) is 16.3. The second-order valence-electron chi connectivity index (χ2n) is 6.56. The maximum Gasteiger partial charge on any atom is 0.340 e. The number of rotatable bonds is 6. The molecule has 0 bridgehead atoms. The number of pyridine rings is 1. The van der Waals surface area contributed by atoms with Crippen molar-refractivity contribution in [1.82, 2.24) is 4.57 Å². The van der Waals surface area contributed by atoms with Gasteiger partial charge in [-0.1, -0.05) is 42.0 Å².